The largest absolute Gasteiger partial charge is 0.357 e. The maximum Gasteiger partial charge on any atom is 0.157 e. The van der Waals surface area contributed by atoms with Crippen LogP contribution in [0.15, 0.2) is 52.8 Å². The summed E-state index contributed by atoms with van der Waals surface area (Å²) in [5.74, 6) is 1.04. The average Bonchev–Trinajstić information content (AvgIpc) is 3.19. The molecule has 0 aliphatic carbocycles. The average molecular weight is 316 g/mol. The van der Waals surface area contributed by atoms with E-state index in [4.69, 9.17) is 4.99 Å². The molecule has 0 saturated heterocycles. The molecular formula is C17H20N2S2. The number of hydrogen-bond acceptors (Lipinski definition) is 4. The van der Waals surface area contributed by atoms with Gasteiger partial charge in [0.15, 0.2) is 5.17 Å². The number of benzene rings is 1. The molecule has 0 bridgehead atoms. The Morgan fingerprint density at radius 2 is 2.10 bits per heavy atom. The van der Waals surface area contributed by atoms with Gasteiger partial charge in [-0.3, -0.25) is 4.99 Å². The molecule has 2 atom stereocenters. The molecule has 0 radical (unpaired) electrons. The van der Waals surface area contributed by atoms with Crippen LogP contribution >= 0.6 is 23.1 Å². The number of aliphatic imine (C=N–C) groups is 1. The molecule has 0 saturated carbocycles. The second-order valence-corrected chi connectivity index (χ2v) is 7.16. The van der Waals surface area contributed by atoms with E-state index < -0.39 is 0 Å². The summed E-state index contributed by atoms with van der Waals surface area (Å²) in [7, 11) is 0. The topological polar surface area (TPSA) is 24.4 Å². The molecule has 0 fully saturated rings. The van der Waals surface area contributed by atoms with Crippen LogP contribution in [-0.2, 0) is 0 Å². The molecule has 2 unspecified atom stereocenters. The van der Waals surface area contributed by atoms with Gasteiger partial charge in [-0.2, -0.15) is 0 Å². The Morgan fingerprint density at radius 1 is 1.24 bits per heavy atom. The highest BCUT2D eigenvalue weighted by molar-refractivity contribution is 8.14. The van der Waals surface area contributed by atoms with Crippen LogP contribution < -0.4 is 5.32 Å². The molecule has 1 aromatic heterocycles. The molecule has 0 amide bonds. The zero-order valence-electron chi connectivity index (χ0n) is 12.2. The van der Waals surface area contributed by atoms with Crippen molar-refractivity contribution in [2.75, 3.05) is 5.75 Å². The molecule has 2 heterocycles. The van der Waals surface area contributed by atoms with Gasteiger partial charge >= 0.3 is 0 Å². The summed E-state index contributed by atoms with van der Waals surface area (Å²) in [4.78, 5) is 6.27. The lowest BCUT2D eigenvalue weighted by Crippen LogP contribution is -2.24. The number of thiophene rings is 1. The molecule has 2 aromatic rings. The lowest BCUT2D eigenvalue weighted by atomic mass is 10.1. The van der Waals surface area contributed by atoms with E-state index in [1.54, 1.807) is 0 Å². The minimum atomic E-state index is 0.296. The first kappa shape index (κ1) is 14.7. The van der Waals surface area contributed by atoms with Gasteiger partial charge in [-0.25, -0.2) is 0 Å². The van der Waals surface area contributed by atoms with Crippen molar-refractivity contribution in [1.82, 2.24) is 5.32 Å². The molecule has 2 nitrogen and oxygen atoms in total. The van der Waals surface area contributed by atoms with Crippen molar-refractivity contribution in [3.8, 4) is 0 Å². The Bertz CT molecular complexity index is 578. The van der Waals surface area contributed by atoms with E-state index in [0.717, 1.165) is 17.3 Å². The van der Waals surface area contributed by atoms with Crippen molar-refractivity contribution in [2.45, 2.75) is 31.8 Å². The maximum atomic E-state index is 4.86. The van der Waals surface area contributed by atoms with E-state index in [9.17, 15) is 0 Å². The van der Waals surface area contributed by atoms with Gasteiger partial charge in [0, 0.05) is 10.6 Å². The second kappa shape index (κ2) is 7.14. The summed E-state index contributed by atoms with van der Waals surface area (Å²) in [6, 6.07) is 15.6. The summed E-state index contributed by atoms with van der Waals surface area (Å²) in [6.45, 7) is 2.23. The van der Waals surface area contributed by atoms with Crippen LogP contribution in [0.1, 0.15) is 42.3 Å². The summed E-state index contributed by atoms with van der Waals surface area (Å²) in [6.07, 6.45) is 2.33. The Kier molecular flexibility index (Phi) is 4.99. The van der Waals surface area contributed by atoms with Gasteiger partial charge in [-0.1, -0.05) is 61.5 Å². The fraction of sp³-hybridized carbons (Fsp3) is 0.353. The normalized spacial score (nSPS) is 19.3. The van der Waals surface area contributed by atoms with Gasteiger partial charge in [0.25, 0.3) is 0 Å². The highest BCUT2D eigenvalue weighted by atomic mass is 32.2. The first-order valence-corrected chi connectivity index (χ1v) is 9.29. The van der Waals surface area contributed by atoms with Crippen LogP contribution in [0.4, 0.5) is 0 Å². The van der Waals surface area contributed by atoms with Crippen LogP contribution in [0.5, 0.6) is 0 Å². The van der Waals surface area contributed by atoms with E-state index >= 15 is 0 Å². The van der Waals surface area contributed by atoms with E-state index in [1.807, 2.05) is 23.1 Å². The quantitative estimate of drug-likeness (QED) is 0.837. The van der Waals surface area contributed by atoms with Crippen molar-refractivity contribution in [2.24, 2.45) is 4.99 Å². The molecule has 1 aromatic carbocycles. The van der Waals surface area contributed by atoms with Gasteiger partial charge in [-0.15, -0.1) is 11.3 Å². The summed E-state index contributed by atoms with van der Waals surface area (Å²) < 4.78 is 0. The van der Waals surface area contributed by atoms with E-state index in [0.29, 0.717) is 12.1 Å². The van der Waals surface area contributed by atoms with Gasteiger partial charge in [0.1, 0.15) is 0 Å². The molecule has 21 heavy (non-hydrogen) atoms. The Labute approximate surface area is 134 Å². The molecule has 1 N–H and O–H groups in total. The fourth-order valence-corrected chi connectivity index (χ4v) is 4.33. The number of nitrogens with zero attached hydrogens (tertiary/aromatic N) is 1. The monoisotopic (exact) mass is 316 g/mol. The third-order valence-electron chi connectivity index (χ3n) is 3.60. The maximum absolute atomic E-state index is 4.86. The molecule has 3 rings (SSSR count). The Morgan fingerprint density at radius 3 is 2.81 bits per heavy atom. The summed E-state index contributed by atoms with van der Waals surface area (Å²) in [5.41, 5.74) is 1.31. The first-order chi connectivity index (χ1) is 10.4. The van der Waals surface area contributed by atoms with Crippen molar-refractivity contribution in [3.63, 3.8) is 0 Å². The van der Waals surface area contributed by atoms with Crippen LogP contribution in [0, 0.1) is 0 Å². The first-order valence-electron chi connectivity index (χ1n) is 7.42. The highest BCUT2D eigenvalue weighted by Crippen LogP contribution is 2.31. The van der Waals surface area contributed by atoms with Gasteiger partial charge in [-0.05, 0) is 23.4 Å². The molecule has 0 spiro atoms. The van der Waals surface area contributed by atoms with Crippen LogP contribution in [0.2, 0.25) is 0 Å². The van der Waals surface area contributed by atoms with E-state index in [2.05, 4.69) is 60.1 Å². The summed E-state index contributed by atoms with van der Waals surface area (Å²) in [5, 5.41) is 6.88. The third kappa shape index (κ3) is 3.69. The van der Waals surface area contributed by atoms with Crippen LogP contribution in [0.3, 0.4) is 0 Å². The number of nitrogens with one attached hydrogen (secondary N) is 1. The Balaban J connectivity index is 1.69. The lowest BCUT2D eigenvalue weighted by molar-refractivity contribution is 0.592. The van der Waals surface area contributed by atoms with Crippen LogP contribution in [0.25, 0.3) is 0 Å². The highest BCUT2D eigenvalue weighted by Gasteiger charge is 2.22. The number of rotatable bonds is 5. The molecule has 1 aliphatic rings. The number of hydrogen-bond donors (Lipinski definition) is 1. The van der Waals surface area contributed by atoms with Crippen molar-refractivity contribution >= 4 is 28.3 Å². The molecule has 1 aliphatic heterocycles. The Hall–Kier alpha value is -1.26. The molecule has 4 heteroatoms. The number of amidine groups is 1. The minimum absolute atomic E-state index is 0.296. The minimum Gasteiger partial charge on any atom is -0.357 e. The van der Waals surface area contributed by atoms with E-state index in [1.165, 1.54) is 16.9 Å². The predicted octanol–water partition coefficient (Wildman–Crippen LogP) is 5.02. The fourth-order valence-electron chi connectivity index (χ4n) is 2.51. The van der Waals surface area contributed by atoms with Gasteiger partial charge in [0.2, 0.25) is 0 Å². The zero-order chi connectivity index (χ0) is 14.5. The van der Waals surface area contributed by atoms with E-state index in [-0.39, 0.29) is 0 Å². The van der Waals surface area contributed by atoms with Gasteiger partial charge < -0.3 is 5.32 Å². The second-order valence-electron chi connectivity index (χ2n) is 5.17. The zero-order valence-corrected chi connectivity index (χ0v) is 13.8. The van der Waals surface area contributed by atoms with Crippen LogP contribution in [-0.4, -0.2) is 10.9 Å². The smallest absolute Gasteiger partial charge is 0.157 e. The summed E-state index contributed by atoms with van der Waals surface area (Å²) >= 11 is 3.67. The van der Waals surface area contributed by atoms with Crippen molar-refractivity contribution in [1.29, 1.82) is 0 Å². The van der Waals surface area contributed by atoms with Gasteiger partial charge in [0.05, 0.1) is 12.1 Å². The lowest BCUT2D eigenvalue weighted by Gasteiger charge is -2.17. The van der Waals surface area contributed by atoms with Crippen molar-refractivity contribution in [3.05, 3.63) is 58.3 Å². The number of thioether (sulfide) groups is 1. The van der Waals surface area contributed by atoms with Crippen molar-refractivity contribution < 1.29 is 0 Å². The molecule has 110 valence electrons. The SMILES string of the molecule is CCCC(NC1=NC(c2ccccc2)CS1)c1cccs1. The standard InChI is InChI=1S/C17H20N2S2/c1-2-7-14(16-10-6-11-20-16)18-17-19-15(12-21-17)13-8-4-3-5-9-13/h3-6,8-11,14-15H,2,7,12H2,1H3,(H,18,19). The molecular weight excluding hydrogens is 296 g/mol. The third-order valence-corrected chi connectivity index (χ3v) is 5.56. The predicted molar refractivity (Wildman–Crippen MR) is 94.2 cm³/mol.